The summed E-state index contributed by atoms with van der Waals surface area (Å²) in [5.41, 5.74) is 1.66. The molecule has 9 heteroatoms. The molecule has 6 rings (SSSR count). The number of carbonyl (C=O) groups is 1. The predicted octanol–water partition coefficient (Wildman–Crippen LogP) is 2.32. The topological polar surface area (TPSA) is 93.6 Å². The molecule has 3 aliphatic heterocycles. The highest BCUT2D eigenvalue weighted by Crippen LogP contribution is 2.42. The zero-order valence-electron chi connectivity index (χ0n) is 19.1. The molecular formula is C25H28N6O3. The van der Waals surface area contributed by atoms with Gasteiger partial charge in [-0.15, -0.1) is 0 Å². The minimum atomic E-state index is -0.453. The third-order valence-electron chi connectivity index (χ3n) is 7.60. The second kappa shape index (κ2) is 8.56. The van der Waals surface area contributed by atoms with Gasteiger partial charge in [0.15, 0.2) is 11.4 Å². The van der Waals surface area contributed by atoms with E-state index in [9.17, 15) is 4.79 Å². The molecule has 0 aliphatic carbocycles. The molecule has 9 nitrogen and oxygen atoms in total. The molecule has 34 heavy (non-hydrogen) atoms. The summed E-state index contributed by atoms with van der Waals surface area (Å²) in [5, 5.41) is 1.04. The number of piperidine rings is 1. The van der Waals surface area contributed by atoms with Crippen LogP contribution < -0.4 is 4.90 Å². The third kappa shape index (κ3) is 3.88. The fourth-order valence-electron chi connectivity index (χ4n) is 5.63. The van der Waals surface area contributed by atoms with Crippen molar-refractivity contribution in [3.63, 3.8) is 0 Å². The summed E-state index contributed by atoms with van der Waals surface area (Å²) < 4.78 is 10.7. The van der Waals surface area contributed by atoms with Gasteiger partial charge in [0, 0.05) is 55.7 Å². The van der Waals surface area contributed by atoms with Gasteiger partial charge in [-0.05, 0) is 49.4 Å². The maximum absolute atomic E-state index is 10.9. The van der Waals surface area contributed by atoms with E-state index in [4.69, 9.17) is 19.4 Å². The van der Waals surface area contributed by atoms with Crippen LogP contribution in [0.4, 0.5) is 5.82 Å². The molecular weight excluding hydrogens is 432 g/mol. The van der Waals surface area contributed by atoms with Crippen molar-refractivity contribution in [1.82, 2.24) is 24.8 Å². The van der Waals surface area contributed by atoms with Gasteiger partial charge in [-0.25, -0.2) is 9.97 Å². The molecule has 0 radical (unpaired) electrons. The average Bonchev–Trinajstić information content (AvgIpc) is 3.25. The first-order chi connectivity index (χ1) is 16.7. The number of carbonyl (C=O) groups excluding carboxylic acids is 1. The fourth-order valence-corrected chi connectivity index (χ4v) is 5.63. The van der Waals surface area contributed by atoms with Gasteiger partial charge < -0.3 is 14.4 Å². The highest BCUT2D eigenvalue weighted by molar-refractivity contribution is 5.90. The van der Waals surface area contributed by atoms with Gasteiger partial charge in [-0.2, -0.15) is 0 Å². The largest absolute Gasteiger partial charge is 0.455 e. The molecule has 0 unspecified atom stereocenters. The lowest BCUT2D eigenvalue weighted by Crippen LogP contribution is -2.58. The van der Waals surface area contributed by atoms with E-state index in [1.165, 1.54) is 6.42 Å². The Bertz CT molecular complexity index is 1180. The highest BCUT2D eigenvalue weighted by atomic mass is 16.6. The minimum Gasteiger partial charge on any atom is -0.455 e. The van der Waals surface area contributed by atoms with Crippen LogP contribution in [0.25, 0.3) is 22.3 Å². The molecule has 176 valence electrons. The Morgan fingerprint density at radius 3 is 2.50 bits per heavy atom. The van der Waals surface area contributed by atoms with Crippen LogP contribution >= 0.6 is 0 Å². The molecule has 3 fully saturated rings. The van der Waals surface area contributed by atoms with Crippen molar-refractivity contribution in [2.24, 2.45) is 5.41 Å². The van der Waals surface area contributed by atoms with Crippen LogP contribution in [0, 0.1) is 5.41 Å². The smallest absolute Gasteiger partial charge is 0.293 e. The lowest BCUT2D eigenvalue weighted by Gasteiger charge is -2.43. The second-order valence-corrected chi connectivity index (χ2v) is 9.84. The predicted molar refractivity (Wildman–Crippen MR) is 126 cm³/mol. The van der Waals surface area contributed by atoms with E-state index in [0.717, 1.165) is 67.8 Å². The molecule has 3 aromatic heterocycles. The van der Waals surface area contributed by atoms with Crippen LogP contribution in [0.15, 0.2) is 43.0 Å². The van der Waals surface area contributed by atoms with Gasteiger partial charge in [0.25, 0.3) is 6.47 Å². The number of nitrogens with zero attached hydrogens (tertiary/aromatic N) is 6. The summed E-state index contributed by atoms with van der Waals surface area (Å²) in [7, 11) is 0. The lowest BCUT2D eigenvalue weighted by molar-refractivity contribution is -0.207. The van der Waals surface area contributed by atoms with Crippen molar-refractivity contribution in [1.29, 1.82) is 0 Å². The van der Waals surface area contributed by atoms with E-state index >= 15 is 0 Å². The molecule has 0 N–H and O–H groups in total. The van der Waals surface area contributed by atoms with Gasteiger partial charge in [0.1, 0.15) is 5.82 Å². The number of likely N-dealkylation sites (tertiary alicyclic amines) is 1. The molecule has 0 aromatic carbocycles. The van der Waals surface area contributed by atoms with Crippen molar-refractivity contribution < 1.29 is 14.3 Å². The molecule has 3 aromatic rings. The van der Waals surface area contributed by atoms with Crippen molar-refractivity contribution in [2.75, 3.05) is 50.8 Å². The molecule has 3 aliphatic rings. The SMILES string of the molecule is O=COC1(CN2CCC3(CCN(c4nc(-c5ccncc5)nc5cnccc45)CC3)C2)COC1. The quantitative estimate of drug-likeness (QED) is 0.514. The van der Waals surface area contributed by atoms with Gasteiger partial charge in [-0.3, -0.25) is 19.7 Å². The summed E-state index contributed by atoms with van der Waals surface area (Å²) in [6, 6.07) is 5.89. The first-order valence-corrected chi connectivity index (χ1v) is 11.9. The van der Waals surface area contributed by atoms with E-state index in [1.807, 2.05) is 30.6 Å². The van der Waals surface area contributed by atoms with Gasteiger partial charge in [-0.1, -0.05) is 0 Å². The number of anilines is 1. The van der Waals surface area contributed by atoms with Gasteiger partial charge in [0.05, 0.1) is 24.9 Å². The number of hydrogen-bond acceptors (Lipinski definition) is 9. The normalized spacial score (nSPS) is 21.5. The van der Waals surface area contributed by atoms with Crippen molar-refractivity contribution in [3.05, 3.63) is 43.0 Å². The van der Waals surface area contributed by atoms with E-state index in [1.54, 1.807) is 12.4 Å². The molecule has 0 bridgehead atoms. The number of ether oxygens (including phenoxy) is 2. The summed E-state index contributed by atoms with van der Waals surface area (Å²) in [6.45, 7) is 6.32. The summed E-state index contributed by atoms with van der Waals surface area (Å²) in [5.74, 6) is 1.68. The maximum atomic E-state index is 10.9. The number of fused-ring (bicyclic) bond motifs is 1. The summed E-state index contributed by atoms with van der Waals surface area (Å²) in [4.78, 5) is 34.0. The number of rotatable bonds is 6. The first-order valence-electron chi connectivity index (χ1n) is 11.9. The highest BCUT2D eigenvalue weighted by Gasteiger charge is 2.47. The van der Waals surface area contributed by atoms with Crippen molar-refractivity contribution in [3.8, 4) is 11.4 Å². The van der Waals surface area contributed by atoms with Crippen LogP contribution in [-0.2, 0) is 14.3 Å². The Kier molecular flexibility index (Phi) is 5.38. The number of hydrogen-bond donors (Lipinski definition) is 0. The van der Waals surface area contributed by atoms with E-state index in [-0.39, 0.29) is 0 Å². The first kappa shape index (κ1) is 21.4. The second-order valence-electron chi connectivity index (χ2n) is 9.84. The van der Waals surface area contributed by atoms with Crippen LogP contribution in [-0.4, -0.2) is 82.8 Å². The zero-order chi connectivity index (χ0) is 23.0. The zero-order valence-corrected chi connectivity index (χ0v) is 19.1. The number of aromatic nitrogens is 4. The van der Waals surface area contributed by atoms with Crippen LogP contribution in [0.1, 0.15) is 19.3 Å². The maximum Gasteiger partial charge on any atom is 0.293 e. The Balaban J connectivity index is 1.19. The van der Waals surface area contributed by atoms with E-state index in [2.05, 4.69) is 19.8 Å². The standard InChI is InChI=1S/C25H28N6O3/c32-18-34-25(16-33-17-25)15-30-10-4-24(14-30)5-11-31(12-6-24)23-20-3-9-27-13-21(20)28-22(29-23)19-1-7-26-8-2-19/h1-3,7-9,13,18H,4-6,10-12,14-17H2. The van der Waals surface area contributed by atoms with E-state index in [0.29, 0.717) is 30.9 Å². The third-order valence-corrected chi connectivity index (χ3v) is 7.60. The van der Waals surface area contributed by atoms with Crippen LogP contribution in [0.3, 0.4) is 0 Å². The fraction of sp³-hybridized carbons (Fsp3) is 0.480. The molecule has 0 atom stereocenters. The van der Waals surface area contributed by atoms with Gasteiger partial charge in [0.2, 0.25) is 0 Å². The molecule has 6 heterocycles. The average molecular weight is 461 g/mol. The summed E-state index contributed by atoms with van der Waals surface area (Å²) in [6.07, 6.45) is 10.6. The van der Waals surface area contributed by atoms with E-state index < -0.39 is 5.60 Å². The Labute approximate surface area is 198 Å². The summed E-state index contributed by atoms with van der Waals surface area (Å²) >= 11 is 0. The van der Waals surface area contributed by atoms with Crippen LogP contribution in [0.5, 0.6) is 0 Å². The lowest BCUT2D eigenvalue weighted by atomic mass is 9.77. The molecule has 1 spiro atoms. The minimum absolute atomic E-state index is 0.307. The molecule has 3 saturated heterocycles. The van der Waals surface area contributed by atoms with Crippen molar-refractivity contribution in [2.45, 2.75) is 24.9 Å². The molecule has 0 amide bonds. The Hall–Kier alpha value is -3.17. The monoisotopic (exact) mass is 460 g/mol. The van der Waals surface area contributed by atoms with Crippen molar-refractivity contribution >= 4 is 23.2 Å². The number of pyridine rings is 2. The van der Waals surface area contributed by atoms with Gasteiger partial charge >= 0.3 is 0 Å². The Morgan fingerprint density at radius 1 is 1.00 bits per heavy atom. The molecule has 0 saturated carbocycles. The Morgan fingerprint density at radius 2 is 1.76 bits per heavy atom. The van der Waals surface area contributed by atoms with Crippen LogP contribution in [0.2, 0.25) is 0 Å².